The van der Waals surface area contributed by atoms with Crippen molar-refractivity contribution >= 4 is 15.7 Å². The van der Waals surface area contributed by atoms with Crippen molar-refractivity contribution in [2.24, 2.45) is 0 Å². The lowest BCUT2D eigenvalue weighted by Crippen LogP contribution is -2.32. The first-order valence-corrected chi connectivity index (χ1v) is 7.30. The molecule has 1 rings (SSSR count). The Labute approximate surface area is 108 Å². The highest BCUT2D eigenvalue weighted by Crippen LogP contribution is 2.22. The van der Waals surface area contributed by atoms with E-state index in [2.05, 4.69) is 4.72 Å². The number of aliphatic hydroxyl groups excluding tert-OH is 1. The van der Waals surface area contributed by atoms with Gasteiger partial charge in [-0.05, 0) is 43.5 Å². The van der Waals surface area contributed by atoms with E-state index >= 15 is 0 Å². The van der Waals surface area contributed by atoms with Gasteiger partial charge in [-0.15, -0.1) is 0 Å². The highest BCUT2D eigenvalue weighted by atomic mass is 32.2. The van der Waals surface area contributed by atoms with Crippen LogP contribution in [-0.2, 0) is 10.0 Å². The molecule has 1 unspecified atom stereocenters. The highest BCUT2D eigenvalue weighted by Gasteiger charge is 2.19. The number of sulfonamides is 1. The summed E-state index contributed by atoms with van der Waals surface area (Å²) in [6, 6.07) is 3.31. The van der Waals surface area contributed by atoms with Gasteiger partial charge in [0.25, 0.3) is 0 Å². The van der Waals surface area contributed by atoms with Gasteiger partial charge >= 0.3 is 0 Å². The molecule has 0 saturated carbocycles. The second-order valence-corrected chi connectivity index (χ2v) is 6.13. The number of rotatable bonds is 5. The first-order valence-electron chi connectivity index (χ1n) is 5.82. The maximum atomic E-state index is 12.1. The molecule has 18 heavy (non-hydrogen) atoms. The zero-order chi connectivity index (χ0) is 13.9. The minimum atomic E-state index is -3.63. The van der Waals surface area contributed by atoms with Gasteiger partial charge in [0.2, 0.25) is 10.0 Å². The quantitative estimate of drug-likeness (QED) is 0.695. The predicted molar refractivity (Wildman–Crippen MR) is 71.8 cm³/mol. The average molecular weight is 272 g/mol. The summed E-state index contributed by atoms with van der Waals surface area (Å²) in [7, 11) is -3.63. The normalized spacial score (nSPS) is 13.6. The Kier molecular flexibility index (Phi) is 4.72. The van der Waals surface area contributed by atoms with Gasteiger partial charge in [0.15, 0.2) is 0 Å². The molecular weight excluding hydrogens is 252 g/mol. The zero-order valence-corrected chi connectivity index (χ0v) is 11.7. The summed E-state index contributed by atoms with van der Waals surface area (Å²) in [6.07, 6.45) is -0.181. The molecule has 0 aliphatic rings. The van der Waals surface area contributed by atoms with E-state index < -0.39 is 16.1 Å². The number of nitrogens with one attached hydrogen (secondary N) is 1. The molecule has 0 saturated heterocycles. The molecule has 0 spiro atoms. The first-order chi connectivity index (χ1) is 8.27. The van der Waals surface area contributed by atoms with Gasteiger partial charge in [-0.2, -0.15) is 0 Å². The van der Waals surface area contributed by atoms with Crippen molar-refractivity contribution in [2.45, 2.75) is 38.2 Å². The minimum absolute atomic E-state index is 0.00607. The Morgan fingerprint density at radius 2 is 2.00 bits per heavy atom. The minimum Gasteiger partial charge on any atom is -0.398 e. The summed E-state index contributed by atoms with van der Waals surface area (Å²) in [4.78, 5) is 0.170. The third-order valence-electron chi connectivity index (χ3n) is 2.81. The molecule has 1 aromatic rings. The largest absolute Gasteiger partial charge is 0.398 e. The standard InChI is InChI=1S/C12H20N2O3S/c1-4-10(15)7-14-18(16,17)12-6-8(2)5-11(13)9(12)3/h5-6,10,14-15H,4,7,13H2,1-3H3. The van der Waals surface area contributed by atoms with E-state index in [9.17, 15) is 13.5 Å². The fourth-order valence-corrected chi connectivity index (χ4v) is 2.99. The molecule has 102 valence electrons. The number of hydrogen-bond donors (Lipinski definition) is 3. The molecule has 4 N–H and O–H groups in total. The topological polar surface area (TPSA) is 92.4 Å². The summed E-state index contributed by atoms with van der Waals surface area (Å²) in [6.45, 7) is 5.25. The molecule has 0 aliphatic heterocycles. The van der Waals surface area contributed by atoms with Crippen LogP contribution < -0.4 is 10.5 Å². The maximum absolute atomic E-state index is 12.1. The van der Waals surface area contributed by atoms with Crippen LogP contribution in [0.5, 0.6) is 0 Å². The predicted octanol–water partition coefficient (Wildman–Crippen LogP) is 0.935. The van der Waals surface area contributed by atoms with E-state index in [0.29, 0.717) is 17.7 Å². The third-order valence-corrected chi connectivity index (χ3v) is 4.36. The van der Waals surface area contributed by atoms with Crippen LogP contribution in [0, 0.1) is 13.8 Å². The van der Waals surface area contributed by atoms with Crippen LogP contribution in [0.4, 0.5) is 5.69 Å². The molecule has 1 aromatic carbocycles. The van der Waals surface area contributed by atoms with Gasteiger partial charge in [0, 0.05) is 12.2 Å². The summed E-state index contributed by atoms with van der Waals surface area (Å²) < 4.78 is 26.6. The fourth-order valence-electron chi connectivity index (χ4n) is 1.56. The van der Waals surface area contributed by atoms with Crippen molar-refractivity contribution in [1.29, 1.82) is 0 Å². The van der Waals surface area contributed by atoms with Crippen molar-refractivity contribution in [1.82, 2.24) is 4.72 Å². The van der Waals surface area contributed by atoms with Crippen molar-refractivity contribution in [3.63, 3.8) is 0 Å². The van der Waals surface area contributed by atoms with Crippen LogP contribution in [-0.4, -0.2) is 26.2 Å². The van der Waals surface area contributed by atoms with Gasteiger partial charge in [0.1, 0.15) is 0 Å². The van der Waals surface area contributed by atoms with Crippen molar-refractivity contribution in [3.05, 3.63) is 23.3 Å². The average Bonchev–Trinajstić information content (AvgIpc) is 2.30. The second-order valence-electron chi connectivity index (χ2n) is 4.39. The molecule has 6 heteroatoms. The van der Waals surface area contributed by atoms with E-state index in [1.165, 1.54) is 0 Å². The van der Waals surface area contributed by atoms with Crippen LogP contribution in [0.3, 0.4) is 0 Å². The third kappa shape index (κ3) is 3.44. The Morgan fingerprint density at radius 1 is 1.39 bits per heavy atom. The molecule has 0 fully saturated rings. The lowest BCUT2D eigenvalue weighted by Gasteiger charge is -2.14. The van der Waals surface area contributed by atoms with Gasteiger partial charge in [-0.25, -0.2) is 13.1 Å². The molecule has 0 bridgehead atoms. The van der Waals surface area contributed by atoms with E-state index in [4.69, 9.17) is 5.73 Å². The highest BCUT2D eigenvalue weighted by molar-refractivity contribution is 7.89. The van der Waals surface area contributed by atoms with Crippen LogP contribution in [0.2, 0.25) is 0 Å². The Bertz CT molecular complexity index is 526. The maximum Gasteiger partial charge on any atom is 0.241 e. The lowest BCUT2D eigenvalue weighted by molar-refractivity contribution is 0.174. The number of aryl methyl sites for hydroxylation is 1. The smallest absolute Gasteiger partial charge is 0.241 e. The number of hydrogen-bond acceptors (Lipinski definition) is 4. The number of nitrogen functional groups attached to an aromatic ring is 1. The van der Waals surface area contributed by atoms with E-state index in [1.807, 2.05) is 0 Å². The molecule has 0 amide bonds. The van der Waals surface area contributed by atoms with Crippen molar-refractivity contribution in [2.75, 3.05) is 12.3 Å². The number of nitrogens with two attached hydrogens (primary N) is 1. The van der Waals surface area contributed by atoms with Gasteiger partial charge in [-0.1, -0.05) is 6.92 Å². The van der Waals surface area contributed by atoms with E-state index in [1.54, 1.807) is 32.9 Å². The van der Waals surface area contributed by atoms with Crippen molar-refractivity contribution in [3.8, 4) is 0 Å². The van der Waals surface area contributed by atoms with Gasteiger partial charge < -0.3 is 10.8 Å². The Balaban J connectivity index is 3.05. The molecule has 0 heterocycles. The fraction of sp³-hybridized carbons (Fsp3) is 0.500. The second kappa shape index (κ2) is 5.69. The molecule has 0 radical (unpaired) electrons. The van der Waals surface area contributed by atoms with Crippen molar-refractivity contribution < 1.29 is 13.5 Å². The number of anilines is 1. The summed E-state index contributed by atoms with van der Waals surface area (Å²) in [5, 5.41) is 9.40. The number of aliphatic hydroxyl groups is 1. The summed E-state index contributed by atoms with van der Waals surface area (Å²) in [5.41, 5.74) is 7.52. The molecule has 5 nitrogen and oxygen atoms in total. The number of benzene rings is 1. The van der Waals surface area contributed by atoms with E-state index in [-0.39, 0.29) is 11.4 Å². The molecule has 0 aromatic heterocycles. The molecule has 0 aliphatic carbocycles. The van der Waals surface area contributed by atoms with Crippen LogP contribution in [0.15, 0.2) is 17.0 Å². The summed E-state index contributed by atoms with van der Waals surface area (Å²) >= 11 is 0. The lowest BCUT2D eigenvalue weighted by atomic mass is 10.1. The van der Waals surface area contributed by atoms with Crippen LogP contribution in [0.25, 0.3) is 0 Å². The molecular formula is C12H20N2O3S. The van der Waals surface area contributed by atoms with Crippen LogP contribution in [0.1, 0.15) is 24.5 Å². The Morgan fingerprint density at radius 3 is 2.56 bits per heavy atom. The van der Waals surface area contributed by atoms with E-state index in [0.717, 1.165) is 5.56 Å². The SMILES string of the molecule is CCC(O)CNS(=O)(=O)c1cc(C)cc(N)c1C. The Hall–Kier alpha value is -1.11. The summed E-state index contributed by atoms with van der Waals surface area (Å²) in [5.74, 6) is 0. The van der Waals surface area contributed by atoms with Crippen LogP contribution >= 0.6 is 0 Å². The zero-order valence-electron chi connectivity index (χ0n) is 10.9. The molecule has 1 atom stereocenters. The monoisotopic (exact) mass is 272 g/mol. The first kappa shape index (κ1) is 14.9. The van der Waals surface area contributed by atoms with Gasteiger partial charge in [-0.3, -0.25) is 0 Å². The van der Waals surface area contributed by atoms with Gasteiger partial charge in [0.05, 0.1) is 11.0 Å².